The van der Waals surface area contributed by atoms with E-state index >= 15 is 0 Å². The highest BCUT2D eigenvalue weighted by Crippen LogP contribution is 2.31. The lowest BCUT2D eigenvalue weighted by Crippen LogP contribution is -2.16. The maximum atomic E-state index is 11.0. The van der Waals surface area contributed by atoms with Crippen LogP contribution in [0.2, 0.25) is 0 Å². The van der Waals surface area contributed by atoms with Crippen LogP contribution in [-0.2, 0) is 11.2 Å². The fraction of sp³-hybridized carbons (Fsp3) is 0.438. The number of carbonyl (C=O) groups is 1. The van der Waals surface area contributed by atoms with E-state index in [2.05, 4.69) is 6.92 Å². The molecule has 0 bridgehead atoms. The first-order chi connectivity index (χ1) is 10.2. The van der Waals surface area contributed by atoms with Crippen LogP contribution < -0.4 is 9.47 Å². The molecule has 1 amide bonds. The van der Waals surface area contributed by atoms with E-state index in [1.54, 1.807) is 25.3 Å². The zero-order valence-electron chi connectivity index (χ0n) is 12.8. The lowest BCUT2D eigenvalue weighted by atomic mass is 10.0. The number of aryl methyl sites for hydroxylation is 1. The average molecular weight is 312 g/mol. The summed E-state index contributed by atoms with van der Waals surface area (Å²) in [6.07, 6.45) is 6.10. The molecule has 1 aromatic carbocycles. The molecule has 0 heterocycles. The molecule has 0 unspecified atom stereocenters. The van der Waals surface area contributed by atoms with Gasteiger partial charge in [0.25, 0.3) is 0 Å². The van der Waals surface area contributed by atoms with Gasteiger partial charge in [-0.15, -0.1) is 11.6 Å². The van der Waals surface area contributed by atoms with Gasteiger partial charge in [-0.1, -0.05) is 6.92 Å². The summed E-state index contributed by atoms with van der Waals surface area (Å²) in [5.41, 5.74) is 2.14. The minimum absolute atomic E-state index is 0.536. The maximum absolute atomic E-state index is 11.0. The number of alkyl halides is 1. The summed E-state index contributed by atoms with van der Waals surface area (Å²) in [7, 11) is 3.22. The summed E-state index contributed by atoms with van der Waals surface area (Å²) >= 11 is 5.64. The molecule has 0 aliphatic heterocycles. The largest absolute Gasteiger partial charge is 0.493 e. The molecule has 0 aliphatic carbocycles. The van der Waals surface area contributed by atoms with Crippen molar-refractivity contribution in [1.29, 1.82) is 0 Å². The topological polar surface area (TPSA) is 38.8 Å². The first kappa shape index (κ1) is 17.4. The summed E-state index contributed by atoms with van der Waals surface area (Å²) < 4.78 is 10.6. The fourth-order valence-corrected chi connectivity index (χ4v) is 2.10. The van der Waals surface area contributed by atoms with Gasteiger partial charge < -0.3 is 14.4 Å². The van der Waals surface area contributed by atoms with Gasteiger partial charge in [-0.3, -0.25) is 4.79 Å². The maximum Gasteiger partial charge on any atom is 0.213 e. The third-order valence-electron chi connectivity index (χ3n) is 3.16. The third kappa shape index (κ3) is 4.97. The minimum Gasteiger partial charge on any atom is -0.493 e. The predicted octanol–water partition coefficient (Wildman–Crippen LogP) is 3.32. The molecule has 1 aromatic rings. The Kier molecular flexibility index (Phi) is 7.69. The van der Waals surface area contributed by atoms with E-state index in [9.17, 15) is 4.79 Å². The van der Waals surface area contributed by atoms with Gasteiger partial charge in [-0.25, -0.2) is 0 Å². The molecule has 5 heteroatoms. The van der Waals surface area contributed by atoms with Gasteiger partial charge in [0.05, 0.1) is 14.2 Å². The molecule has 0 spiro atoms. The highest BCUT2D eigenvalue weighted by molar-refractivity contribution is 6.17. The van der Waals surface area contributed by atoms with Gasteiger partial charge in [0.2, 0.25) is 6.41 Å². The second-order valence-electron chi connectivity index (χ2n) is 4.46. The van der Waals surface area contributed by atoms with Crippen molar-refractivity contribution in [1.82, 2.24) is 4.90 Å². The monoisotopic (exact) mass is 311 g/mol. The third-order valence-corrected chi connectivity index (χ3v) is 3.42. The zero-order valence-corrected chi connectivity index (χ0v) is 13.5. The van der Waals surface area contributed by atoms with Crippen LogP contribution in [0.1, 0.15) is 24.5 Å². The van der Waals surface area contributed by atoms with Crippen molar-refractivity contribution in [3.8, 4) is 11.5 Å². The molecule has 0 saturated heterocycles. The van der Waals surface area contributed by atoms with E-state index in [0.29, 0.717) is 23.9 Å². The first-order valence-electron chi connectivity index (χ1n) is 6.90. The summed E-state index contributed by atoms with van der Waals surface area (Å²) in [5, 5.41) is 0. The van der Waals surface area contributed by atoms with Crippen molar-refractivity contribution in [2.24, 2.45) is 0 Å². The van der Waals surface area contributed by atoms with E-state index in [1.165, 1.54) is 0 Å². The highest BCUT2D eigenvalue weighted by Gasteiger charge is 2.08. The van der Waals surface area contributed by atoms with Crippen LogP contribution in [0.5, 0.6) is 11.5 Å². The Labute approximate surface area is 131 Å². The van der Waals surface area contributed by atoms with Gasteiger partial charge in [0, 0.05) is 18.6 Å². The van der Waals surface area contributed by atoms with Crippen LogP contribution in [0.3, 0.4) is 0 Å². The molecule has 0 saturated carbocycles. The number of nitrogens with zero attached hydrogens (tertiary/aromatic N) is 1. The van der Waals surface area contributed by atoms with E-state index in [0.717, 1.165) is 30.4 Å². The van der Waals surface area contributed by atoms with Gasteiger partial charge in [0.1, 0.15) is 0 Å². The van der Waals surface area contributed by atoms with Crippen LogP contribution in [0, 0.1) is 0 Å². The van der Waals surface area contributed by atoms with Crippen molar-refractivity contribution in [2.45, 2.75) is 19.8 Å². The standard InChI is InChI=1S/C16H22ClNO3/c1-4-13-10-15(20-2)16(21-3)11-14(13)6-9-18(12-19)8-5-7-17/h6,9-12H,4-5,7-8H2,1-3H3/b9-6-. The number of rotatable bonds is 9. The SMILES string of the molecule is CCc1cc(OC)c(OC)cc1/C=C\N(C=O)CCCCl. The Balaban J connectivity index is 3.02. The van der Waals surface area contributed by atoms with Gasteiger partial charge >= 0.3 is 0 Å². The molecule has 0 aliphatic rings. The Morgan fingerprint density at radius 2 is 1.90 bits per heavy atom. The molecular formula is C16H22ClNO3. The van der Waals surface area contributed by atoms with E-state index in [1.807, 2.05) is 18.2 Å². The number of benzene rings is 1. The molecule has 0 radical (unpaired) electrons. The Morgan fingerprint density at radius 1 is 1.24 bits per heavy atom. The zero-order chi connectivity index (χ0) is 15.7. The number of halogens is 1. The molecule has 0 atom stereocenters. The summed E-state index contributed by atoms with van der Waals surface area (Å²) in [6.45, 7) is 2.68. The minimum atomic E-state index is 0.536. The lowest BCUT2D eigenvalue weighted by Gasteiger charge is -2.14. The number of hydrogen-bond donors (Lipinski definition) is 0. The summed E-state index contributed by atoms with van der Waals surface area (Å²) in [4.78, 5) is 12.6. The van der Waals surface area contributed by atoms with Crippen LogP contribution in [0.15, 0.2) is 18.3 Å². The normalized spacial score (nSPS) is 10.7. The van der Waals surface area contributed by atoms with Crippen molar-refractivity contribution in [3.05, 3.63) is 29.5 Å². The van der Waals surface area contributed by atoms with Gasteiger partial charge in [-0.2, -0.15) is 0 Å². The van der Waals surface area contributed by atoms with Gasteiger partial charge in [-0.05, 0) is 42.2 Å². The number of methoxy groups -OCH3 is 2. The smallest absolute Gasteiger partial charge is 0.213 e. The quantitative estimate of drug-likeness (QED) is 0.519. The lowest BCUT2D eigenvalue weighted by molar-refractivity contribution is -0.115. The number of ether oxygens (including phenoxy) is 2. The van der Waals surface area contributed by atoms with Crippen LogP contribution in [0.4, 0.5) is 0 Å². The van der Waals surface area contributed by atoms with Crippen LogP contribution >= 0.6 is 11.6 Å². The fourth-order valence-electron chi connectivity index (χ4n) is 1.98. The van der Waals surface area contributed by atoms with E-state index < -0.39 is 0 Å². The molecule has 0 aromatic heterocycles. The highest BCUT2D eigenvalue weighted by atomic mass is 35.5. The Hall–Kier alpha value is -1.68. The second-order valence-corrected chi connectivity index (χ2v) is 4.84. The number of hydrogen-bond acceptors (Lipinski definition) is 3. The van der Waals surface area contributed by atoms with Crippen molar-refractivity contribution in [2.75, 3.05) is 26.6 Å². The summed E-state index contributed by atoms with van der Waals surface area (Å²) in [5.74, 6) is 1.92. The molecule has 1 rings (SSSR count). The average Bonchev–Trinajstić information content (AvgIpc) is 2.54. The number of amides is 1. The van der Waals surface area contributed by atoms with Crippen molar-refractivity contribution in [3.63, 3.8) is 0 Å². The molecule has 0 N–H and O–H groups in total. The molecule has 116 valence electrons. The predicted molar refractivity (Wildman–Crippen MR) is 86.1 cm³/mol. The van der Waals surface area contributed by atoms with Crippen molar-refractivity contribution < 1.29 is 14.3 Å². The van der Waals surface area contributed by atoms with Crippen LogP contribution in [0.25, 0.3) is 6.08 Å². The second kappa shape index (κ2) is 9.29. The van der Waals surface area contributed by atoms with Crippen molar-refractivity contribution >= 4 is 24.1 Å². The Bertz CT molecular complexity index is 489. The first-order valence-corrected chi connectivity index (χ1v) is 7.43. The van der Waals surface area contributed by atoms with E-state index in [-0.39, 0.29) is 0 Å². The van der Waals surface area contributed by atoms with Crippen LogP contribution in [-0.4, -0.2) is 38.0 Å². The number of carbonyl (C=O) groups excluding carboxylic acids is 1. The van der Waals surface area contributed by atoms with Gasteiger partial charge in [0.15, 0.2) is 11.5 Å². The summed E-state index contributed by atoms with van der Waals surface area (Å²) in [6, 6.07) is 3.88. The molecule has 4 nitrogen and oxygen atoms in total. The van der Waals surface area contributed by atoms with E-state index in [4.69, 9.17) is 21.1 Å². The molecule has 0 fully saturated rings. The molecular weight excluding hydrogens is 290 g/mol. The molecule has 21 heavy (non-hydrogen) atoms. The Morgan fingerprint density at radius 3 is 2.43 bits per heavy atom.